The van der Waals surface area contributed by atoms with E-state index in [0.29, 0.717) is 40.1 Å². The molecule has 5 aliphatic carbocycles. The van der Waals surface area contributed by atoms with Gasteiger partial charge in [-0.2, -0.15) is 0 Å². The van der Waals surface area contributed by atoms with Crippen LogP contribution in [0, 0.1) is 51.2 Å². The van der Waals surface area contributed by atoms with Crippen molar-refractivity contribution >= 4 is 11.5 Å². The Balaban J connectivity index is 1.12. The first-order valence-corrected chi connectivity index (χ1v) is 20.8. The number of carboxylic acids is 1. The molecule has 4 saturated carbocycles. The standard InChI is InChI=1S/C46H71N3O2/c1-31(2)34-17-22-46(47-25-26-48-27-29-49(30-28-48)41(3,4)5)24-23-44(9)36(39(34)46)15-16-38-43(8)20-18-35(32-11-13-33(14-12-32)40(50)51)42(6,7)37(43)19-21-45(38,44)10/h11-14,18,34,36-39,47H,1,15-17,19-30H2,2-10H3,(H,50,51)/t34-,36+,37-,38+,39+,43-,44+,45+,46-/m0/s1. The number of rotatable bonds is 7. The molecule has 0 unspecified atom stereocenters. The maximum atomic E-state index is 11.6. The summed E-state index contributed by atoms with van der Waals surface area (Å²) in [5.41, 5.74) is 5.91. The molecule has 5 heteroatoms. The summed E-state index contributed by atoms with van der Waals surface area (Å²) in [5.74, 6) is 2.55. The molecule has 282 valence electrons. The van der Waals surface area contributed by atoms with Gasteiger partial charge < -0.3 is 10.4 Å². The Bertz CT molecular complexity index is 1530. The van der Waals surface area contributed by atoms with E-state index < -0.39 is 5.97 Å². The smallest absolute Gasteiger partial charge is 0.335 e. The first-order valence-electron chi connectivity index (χ1n) is 20.8. The molecule has 5 nitrogen and oxygen atoms in total. The number of aromatic carboxylic acids is 1. The maximum Gasteiger partial charge on any atom is 0.335 e. The fourth-order valence-electron chi connectivity index (χ4n) is 14.4. The van der Waals surface area contributed by atoms with Crippen LogP contribution in [0.2, 0.25) is 0 Å². The summed E-state index contributed by atoms with van der Waals surface area (Å²) < 4.78 is 0. The highest BCUT2D eigenvalue weighted by Gasteiger charge is 2.70. The van der Waals surface area contributed by atoms with Gasteiger partial charge in [-0.3, -0.25) is 9.80 Å². The number of nitrogens with zero attached hydrogens (tertiary/aromatic N) is 2. The van der Waals surface area contributed by atoms with Crippen molar-refractivity contribution in [2.75, 3.05) is 39.3 Å². The van der Waals surface area contributed by atoms with E-state index in [2.05, 4.69) is 90.1 Å². The molecule has 1 aromatic rings. The van der Waals surface area contributed by atoms with E-state index >= 15 is 0 Å². The van der Waals surface area contributed by atoms with Crippen molar-refractivity contribution in [3.05, 3.63) is 53.6 Å². The quantitative estimate of drug-likeness (QED) is 0.278. The second-order valence-electron chi connectivity index (χ2n) is 20.7. The van der Waals surface area contributed by atoms with Crippen LogP contribution in [0.15, 0.2) is 42.5 Å². The molecular weight excluding hydrogens is 627 g/mol. The van der Waals surface area contributed by atoms with Crippen LogP contribution in [0.25, 0.3) is 5.57 Å². The van der Waals surface area contributed by atoms with E-state index in [1.165, 1.54) is 101 Å². The predicted molar refractivity (Wildman–Crippen MR) is 212 cm³/mol. The molecule has 0 amide bonds. The average Bonchev–Trinajstić information content (AvgIpc) is 3.45. The van der Waals surface area contributed by atoms with Crippen LogP contribution in [0.1, 0.15) is 136 Å². The number of piperazine rings is 1. The van der Waals surface area contributed by atoms with Gasteiger partial charge in [0.15, 0.2) is 0 Å². The number of carbonyl (C=O) groups is 1. The second-order valence-corrected chi connectivity index (χ2v) is 20.7. The molecule has 7 rings (SSSR count). The van der Waals surface area contributed by atoms with Gasteiger partial charge in [-0.05, 0) is 160 Å². The lowest BCUT2D eigenvalue weighted by molar-refractivity contribution is -0.219. The summed E-state index contributed by atoms with van der Waals surface area (Å²) >= 11 is 0. The normalized spacial score (nSPS) is 41.1. The molecule has 1 aliphatic heterocycles. The highest BCUT2D eigenvalue weighted by Crippen LogP contribution is 2.76. The molecule has 5 fully saturated rings. The van der Waals surface area contributed by atoms with Crippen LogP contribution in [-0.2, 0) is 0 Å². The fourth-order valence-corrected chi connectivity index (χ4v) is 14.4. The van der Waals surface area contributed by atoms with Crippen molar-refractivity contribution in [1.29, 1.82) is 0 Å². The van der Waals surface area contributed by atoms with Crippen LogP contribution in [0.3, 0.4) is 0 Å². The highest BCUT2D eigenvalue weighted by atomic mass is 16.4. The van der Waals surface area contributed by atoms with Crippen molar-refractivity contribution < 1.29 is 9.90 Å². The number of hydrogen-bond acceptors (Lipinski definition) is 4. The molecule has 1 aromatic carbocycles. The average molecular weight is 698 g/mol. The molecule has 1 heterocycles. The van der Waals surface area contributed by atoms with Crippen LogP contribution in [0.5, 0.6) is 0 Å². The van der Waals surface area contributed by atoms with E-state index in [1.54, 1.807) is 12.1 Å². The summed E-state index contributed by atoms with van der Waals surface area (Å²) in [6, 6.07) is 7.67. The Morgan fingerprint density at radius 3 is 2.20 bits per heavy atom. The molecule has 0 bridgehead atoms. The lowest BCUT2D eigenvalue weighted by Crippen LogP contribution is -2.68. The lowest BCUT2D eigenvalue weighted by Gasteiger charge is -2.72. The SMILES string of the molecule is C=C(C)[C@@H]1CC[C@]2(NCCN3CCN(C(C)(C)C)CC3)CC[C@]3(C)[C@H](CC[C@@H]4[C@@]5(C)CC=C(c6ccc(C(=O)O)cc6)C(C)(C)[C@@H]5CC[C@]43C)[C@@H]12. The topological polar surface area (TPSA) is 55.8 Å². The first kappa shape index (κ1) is 37.4. The lowest BCUT2D eigenvalue weighted by atomic mass is 9.33. The van der Waals surface area contributed by atoms with Crippen LogP contribution >= 0.6 is 0 Å². The van der Waals surface area contributed by atoms with Gasteiger partial charge in [0, 0.05) is 50.3 Å². The number of benzene rings is 1. The minimum absolute atomic E-state index is 0.0400. The zero-order valence-electron chi connectivity index (χ0n) is 33.8. The minimum Gasteiger partial charge on any atom is -0.478 e. The zero-order valence-corrected chi connectivity index (χ0v) is 33.8. The van der Waals surface area contributed by atoms with Gasteiger partial charge in [0.05, 0.1) is 5.56 Å². The Morgan fingerprint density at radius 2 is 1.57 bits per heavy atom. The molecule has 0 spiro atoms. The molecule has 2 N–H and O–H groups in total. The van der Waals surface area contributed by atoms with Gasteiger partial charge in [-0.1, -0.05) is 65.0 Å². The second kappa shape index (κ2) is 12.8. The van der Waals surface area contributed by atoms with Crippen molar-refractivity contribution in [1.82, 2.24) is 15.1 Å². The van der Waals surface area contributed by atoms with Crippen LogP contribution in [0.4, 0.5) is 0 Å². The van der Waals surface area contributed by atoms with E-state index in [9.17, 15) is 9.90 Å². The van der Waals surface area contributed by atoms with E-state index in [4.69, 9.17) is 0 Å². The van der Waals surface area contributed by atoms with Crippen molar-refractivity contribution in [3.63, 3.8) is 0 Å². The molecule has 0 radical (unpaired) electrons. The highest BCUT2D eigenvalue weighted by molar-refractivity contribution is 5.88. The molecule has 51 heavy (non-hydrogen) atoms. The van der Waals surface area contributed by atoms with Crippen molar-refractivity contribution in [2.45, 2.75) is 131 Å². The van der Waals surface area contributed by atoms with Gasteiger partial charge in [-0.15, -0.1) is 0 Å². The minimum atomic E-state index is -0.852. The van der Waals surface area contributed by atoms with E-state index in [0.717, 1.165) is 18.9 Å². The number of hydrogen-bond donors (Lipinski definition) is 2. The van der Waals surface area contributed by atoms with E-state index in [-0.39, 0.29) is 21.9 Å². The number of carboxylic acid groups (broad SMARTS) is 1. The summed E-state index contributed by atoms with van der Waals surface area (Å²) in [4.78, 5) is 16.9. The van der Waals surface area contributed by atoms with E-state index in [1.807, 2.05) is 12.1 Å². The zero-order chi connectivity index (χ0) is 36.8. The van der Waals surface area contributed by atoms with Crippen molar-refractivity contribution in [3.8, 4) is 0 Å². The number of allylic oxidation sites excluding steroid dienone is 3. The maximum absolute atomic E-state index is 11.6. The molecule has 1 saturated heterocycles. The molecule has 0 aromatic heterocycles. The molecular formula is C46H71N3O2. The number of nitrogens with one attached hydrogen (secondary N) is 1. The Kier molecular flexibility index (Phi) is 9.40. The van der Waals surface area contributed by atoms with Crippen LogP contribution in [-0.4, -0.2) is 71.2 Å². The van der Waals surface area contributed by atoms with Crippen molar-refractivity contribution in [2.24, 2.45) is 51.2 Å². The summed E-state index contributed by atoms with van der Waals surface area (Å²) in [6.45, 7) is 34.2. The fraction of sp³-hybridized carbons (Fsp3) is 0.761. The summed E-state index contributed by atoms with van der Waals surface area (Å²) in [6.07, 6.45) is 14.3. The Morgan fingerprint density at radius 1 is 0.882 bits per heavy atom. The predicted octanol–water partition coefficient (Wildman–Crippen LogP) is 9.79. The molecule has 6 aliphatic rings. The van der Waals surface area contributed by atoms with Crippen LogP contribution < -0.4 is 5.32 Å². The summed E-state index contributed by atoms with van der Waals surface area (Å²) in [5, 5.41) is 13.9. The monoisotopic (exact) mass is 698 g/mol. The molecule has 9 atom stereocenters. The largest absolute Gasteiger partial charge is 0.478 e. The van der Waals surface area contributed by atoms with Gasteiger partial charge in [-0.25, -0.2) is 4.79 Å². The third-order valence-electron chi connectivity index (χ3n) is 17.3. The van der Waals surface area contributed by atoms with Gasteiger partial charge >= 0.3 is 5.97 Å². The summed E-state index contributed by atoms with van der Waals surface area (Å²) in [7, 11) is 0. The Hall–Kier alpha value is -1.95. The first-order chi connectivity index (χ1) is 23.9. The third kappa shape index (κ3) is 5.84. The third-order valence-corrected chi connectivity index (χ3v) is 17.3. The Labute approximate surface area is 311 Å². The van der Waals surface area contributed by atoms with Gasteiger partial charge in [0.25, 0.3) is 0 Å². The van der Waals surface area contributed by atoms with Gasteiger partial charge in [0.1, 0.15) is 0 Å². The van der Waals surface area contributed by atoms with Gasteiger partial charge in [0.2, 0.25) is 0 Å². The number of fused-ring (bicyclic) bond motifs is 7.